The van der Waals surface area contributed by atoms with E-state index in [1.165, 1.54) is 0 Å². The summed E-state index contributed by atoms with van der Waals surface area (Å²) in [6.45, 7) is 8.00. The molecule has 0 saturated heterocycles. The molecule has 5 heteroatoms. The third-order valence-electron chi connectivity index (χ3n) is 4.57. The first kappa shape index (κ1) is 18.5. The fourth-order valence-corrected chi connectivity index (χ4v) is 3.60. The maximum absolute atomic E-state index is 12.5. The molecule has 4 nitrogen and oxygen atoms in total. The van der Waals surface area contributed by atoms with Crippen molar-refractivity contribution in [2.75, 3.05) is 11.9 Å². The molecule has 1 aromatic carbocycles. The van der Waals surface area contributed by atoms with Crippen molar-refractivity contribution in [3.8, 4) is 0 Å². The molecular formula is C19H25ClN2O2. The van der Waals surface area contributed by atoms with E-state index < -0.39 is 0 Å². The highest BCUT2D eigenvalue weighted by atomic mass is 35.5. The number of aryl methyl sites for hydroxylation is 2. The van der Waals surface area contributed by atoms with E-state index in [-0.39, 0.29) is 23.7 Å². The molecule has 24 heavy (non-hydrogen) atoms. The highest BCUT2D eigenvalue weighted by Crippen LogP contribution is 2.32. The molecule has 1 saturated carbocycles. The molecule has 0 aliphatic heterocycles. The van der Waals surface area contributed by atoms with Gasteiger partial charge in [0.05, 0.1) is 10.7 Å². The Balaban J connectivity index is 1.92. The molecule has 0 atom stereocenters. The van der Waals surface area contributed by atoms with Crippen LogP contribution in [0.15, 0.2) is 24.8 Å². The Labute approximate surface area is 148 Å². The monoisotopic (exact) mass is 348 g/mol. The zero-order chi connectivity index (χ0) is 17.7. The van der Waals surface area contributed by atoms with Crippen molar-refractivity contribution in [3.05, 3.63) is 40.9 Å². The molecule has 0 unspecified atom stereocenters. The summed E-state index contributed by atoms with van der Waals surface area (Å²) in [6, 6.07) is 3.85. The van der Waals surface area contributed by atoms with Gasteiger partial charge in [0, 0.05) is 18.4 Å². The smallest absolute Gasteiger partial charge is 0.227 e. The third-order valence-corrected chi connectivity index (χ3v) is 4.87. The second-order valence-corrected chi connectivity index (χ2v) is 6.92. The van der Waals surface area contributed by atoms with Gasteiger partial charge in [0.15, 0.2) is 0 Å². The summed E-state index contributed by atoms with van der Waals surface area (Å²) in [5.41, 5.74) is 2.73. The van der Waals surface area contributed by atoms with E-state index in [0.717, 1.165) is 36.8 Å². The fourth-order valence-electron chi connectivity index (χ4n) is 3.23. The third kappa shape index (κ3) is 4.60. The van der Waals surface area contributed by atoms with Crippen LogP contribution >= 0.6 is 11.6 Å². The van der Waals surface area contributed by atoms with Crippen LogP contribution in [-0.2, 0) is 9.59 Å². The Bertz CT molecular complexity index is 611. The van der Waals surface area contributed by atoms with Crippen LogP contribution in [0.2, 0.25) is 5.02 Å². The van der Waals surface area contributed by atoms with E-state index in [9.17, 15) is 9.59 Å². The molecule has 2 N–H and O–H groups in total. The van der Waals surface area contributed by atoms with Crippen LogP contribution < -0.4 is 10.6 Å². The molecule has 1 fully saturated rings. The first-order valence-electron chi connectivity index (χ1n) is 8.38. The molecular weight excluding hydrogens is 324 g/mol. The first-order chi connectivity index (χ1) is 11.4. The van der Waals surface area contributed by atoms with Gasteiger partial charge in [-0.3, -0.25) is 9.59 Å². The number of rotatable bonds is 5. The van der Waals surface area contributed by atoms with Crippen LogP contribution in [-0.4, -0.2) is 18.4 Å². The van der Waals surface area contributed by atoms with Gasteiger partial charge in [-0.1, -0.05) is 23.7 Å². The Hall–Kier alpha value is -1.81. The molecule has 1 aromatic rings. The van der Waals surface area contributed by atoms with Gasteiger partial charge in [-0.2, -0.15) is 0 Å². The number of halogens is 1. The number of carbonyl (C=O) groups excluding carboxylic acids is 2. The van der Waals surface area contributed by atoms with Crippen LogP contribution in [0.1, 0.15) is 36.8 Å². The Morgan fingerprint density at radius 1 is 1.17 bits per heavy atom. The van der Waals surface area contributed by atoms with Crippen molar-refractivity contribution in [1.82, 2.24) is 5.32 Å². The lowest BCUT2D eigenvalue weighted by molar-refractivity contribution is -0.128. The van der Waals surface area contributed by atoms with Crippen molar-refractivity contribution >= 4 is 29.1 Å². The molecule has 0 bridgehead atoms. The zero-order valence-corrected chi connectivity index (χ0v) is 15.1. The van der Waals surface area contributed by atoms with E-state index in [1.807, 2.05) is 26.0 Å². The average molecular weight is 349 g/mol. The lowest BCUT2D eigenvalue weighted by Crippen LogP contribution is -2.35. The molecule has 2 amide bonds. The fraction of sp³-hybridized carbons (Fsp3) is 0.474. The number of hydrogen-bond donors (Lipinski definition) is 2. The predicted octanol–water partition coefficient (Wildman–Crippen LogP) is 4.00. The van der Waals surface area contributed by atoms with Gasteiger partial charge < -0.3 is 10.6 Å². The van der Waals surface area contributed by atoms with E-state index in [2.05, 4.69) is 17.2 Å². The van der Waals surface area contributed by atoms with Gasteiger partial charge in [-0.25, -0.2) is 0 Å². The van der Waals surface area contributed by atoms with Gasteiger partial charge in [0.1, 0.15) is 0 Å². The molecule has 130 valence electrons. The average Bonchev–Trinajstić information content (AvgIpc) is 2.55. The molecule has 0 aromatic heterocycles. The standard InChI is InChI=1S/C19H25ClN2O2/c1-4-9-21-18(23)14-5-7-15(8-6-14)19(24)22-17-13(3)10-12(2)11-16(17)20/h4,10-11,14-15H,1,5-9H2,2-3H3,(H,21,23)(H,22,24). The maximum atomic E-state index is 12.5. The summed E-state index contributed by atoms with van der Waals surface area (Å²) in [7, 11) is 0. The van der Waals surface area contributed by atoms with Crippen molar-refractivity contribution in [3.63, 3.8) is 0 Å². The Kier molecular flexibility index (Phi) is 6.44. The Morgan fingerprint density at radius 2 is 1.75 bits per heavy atom. The summed E-state index contributed by atoms with van der Waals surface area (Å²) in [4.78, 5) is 24.5. The summed E-state index contributed by atoms with van der Waals surface area (Å²) >= 11 is 6.26. The lowest BCUT2D eigenvalue weighted by Gasteiger charge is -2.27. The minimum atomic E-state index is -0.0646. The SMILES string of the molecule is C=CCNC(=O)C1CCC(C(=O)Nc2c(C)cc(C)cc2Cl)CC1. The van der Waals surface area contributed by atoms with Crippen LogP contribution in [0.25, 0.3) is 0 Å². The van der Waals surface area contributed by atoms with Crippen molar-refractivity contribution in [2.45, 2.75) is 39.5 Å². The number of amides is 2. The van der Waals surface area contributed by atoms with Gasteiger partial charge in [-0.05, 0) is 56.7 Å². The first-order valence-corrected chi connectivity index (χ1v) is 8.76. The predicted molar refractivity (Wildman–Crippen MR) is 98.2 cm³/mol. The van der Waals surface area contributed by atoms with Crippen LogP contribution in [0.5, 0.6) is 0 Å². The van der Waals surface area contributed by atoms with Gasteiger partial charge in [-0.15, -0.1) is 6.58 Å². The second kappa shape index (κ2) is 8.34. The van der Waals surface area contributed by atoms with Crippen LogP contribution in [0, 0.1) is 25.7 Å². The number of hydrogen-bond acceptors (Lipinski definition) is 2. The molecule has 0 radical (unpaired) electrons. The highest BCUT2D eigenvalue weighted by Gasteiger charge is 2.30. The quantitative estimate of drug-likeness (QED) is 0.790. The molecule has 1 aliphatic carbocycles. The minimum Gasteiger partial charge on any atom is -0.352 e. The van der Waals surface area contributed by atoms with Crippen LogP contribution in [0.4, 0.5) is 5.69 Å². The van der Waals surface area contributed by atoms with E-state index in [1.54, 1.807) is 6.08 Å². The van der Waals surface area contributed by atoms with Gasteiger partial charge >= 0.3 is 0 Å². The number of nitrogens with one attached hydrogen (secondary N) is 2. The largest absolute Gasteiger partial charge is 0.352 e. The normalized spacial score (nSPS) is 20.3. The summed E-state index contributed by atoms with van der Waals surface area (Å²) in [5, 5.41) is 6.37. The van der Waals surface area contributed by atoms with Crippen molar-refractivity contribution < 1.29 is 9.59 Å². The molecule has 1 aliphatic rings. The molecule has 0 heterocycles. The number of anilines is 1. The maximum Gasteiger partial charge on any atom is 0.227 e. The van der Waals surface area contributed by atoms with Crippen LogP contribution in [0.3, 0.4) is 0 Å². The summed E-state index contributed by atoms with van der Waals surface area (Å²) < 4.78 is 0. The topological polar surface area (TPSA) is 58.2 Å². The van der Waals surface area contributed by atoms with Crippen molar-refractivity contribution in [1.29, 1.82) is 0 Å². The van der Waals surface area contributed by atoms with Crippen molar-refractivity contribution in [2.24, 2.45) is 11.8 Å². The number of carbonyl (C=O) groups is 2. The summed E-state index contributed by atoms with van der Waals surface area (Å²) in [5.74, 6) is -0.0103. The van der Waals surface area contributed by atoms with E-state index >= 15 is 0 Å². The Morgan fingerprint density at radius 3 is 2.29 bits per heavy atom. The minimum absolute atomic E-state index is 0.00120. The zero-order valence-electron chi connectivity index (χ0n) is 14.3. The van der Waals surface area contributed by atoms with E-state index in [4.69, 9.17) is 11.6 Å². The summed E-state index contributed by atoms with van der Waals surface area (Å²) in [6.07, 6.45) is 4.59. The lowest BCUT2D eigenvalue weighted by atomic mass is 9.81. The van der Waals surface area contributed by atoms with Gasteiger partial charge in [0.25, 0.3) is 0 Å². The molecule has 0 spiro atoms. The highest BCUT2D eigenvalue weighted by molar-refractivity contribution is 6.34. The number of benzene rings is 1. The molecule has 2 rings (SSSR count). The van der Waals surface area contributed by atoms with Gasteiger partial charge in [0.2, 0.25) is 11.8 Å². The second-order valence-electron chi connectivity index (χ2n) is 6.51. The van der Waals surface area contributed by atoms with E-state index in [0.29, 0.717) is 17.3 Å².